The highest BCUT2D eigenvalue weighted by Crippen LogP contribution is 2.36. The van der Waals surface area contributed by atoms with Crippen LogP contribution in [-0.4, -0.2) is 19.2 Å². The Hall–Kier alpha value is -4.68. The molecule has 0 unspecified atom stereocenters. The van der Waals surface area contributed by atoms with E-state index >= 15 is 0 Å². The van der Waals surface area contributed by atoms with Crippen molar-refractivity contribution in [2.75, 3.05) is 10.0 Å². The number of amides is 1. The minimum absolute atomic E-state index is 0.148. The molecule has 0 aromatic heterocycles. The van der Waals surface area contributed by atoms with Crippen LogP contribution in [-0.2, 0) is 21.0 Å². The first kappa shape index (κ1) is 29.3. The van der Waals surface area contributed by atoms with Gasteiger partial charge in [0, 0.05) is 29.1 Å². The molecule has 13 heteroatoms. The molecule has 2 N–H and O–H groups in total. The van der Waals surface area contributed by atoms with E-state index in [9.17, 15) is 36.5 Å². The number of sulfonamides is 1. The number of non-ortho nitro benzene ring substituents is 1. The summed E-state index contributed by atoms with van der Waals surface area (Å²) in [4.78, 5) is 23.6. The summed E-state index contributed by atoms with van der Waals surface area (Å²) in [6.45, 7) is 0. The van der Waals surface area contributed by atoms with E-state index in [2.05, 4.69) is 10.0 Å². The average Bonchev–Trinajstić information content (AvgIpc) is 2.93. The van der Waals surface area contributed by atoms with Crippen LogP contribution in [0, 0.1) is 10.1 Å². The number of hydrogen-bond acceptors (Lipinski definition) is 5. The summed E-state index contributed by atoms with van der Waals surface area (Å²) in [5.41, 5.74) is -0.320. The first-order valence-corrected chi connectivity index (χ1v) is 13.5. The molecule has 4 aromatic rings. The van der Waals surface area contributed by atoms with E-state index in [1.165, 1.54) is 48.5 Å². The van der Waals surface area contributed by atoms with Crippen molar-refractivity contribution < 1.29 is 31.3 Å². The lowest BCUT2D eigenvalue weighted by Crippen LogP contribution is -2.15. The third-order valence-corrected chi connectivity index (χ3v) is 7.39. The van der Waals surface area contributed by atoms with Gasteiger partial charge in [-0.25, -0.2) is 8.42 Å². The molecule has 4 rings (SSSR count). The Morgan fingerprint density at radius 2 is 1.54 bits per heavy atom. The number of benzene rings is 4. The molecule has 0 aliphatic heterocycles. The Morgan fingerprint density at radius 1 is 0.878 bits per heavy atom. The Labute approximate surface area is 237 Å². The first-order valence-electron chi connectivity index (χ1n) is 11.7. The molecule has 41 heavy (non-hydrogen) atoms. The number of hydrogen-bond donors (Lipinski definition) is 2. The number of nitro benzene ring substituents is 1. The highest BCUT2D eigenvalue weighted by atomic mass is 35.5. The van der Waals surface area contributed by atoms with Gasteiger partial charge in [-0.1, -0.05) is 54.1 Å². The molecule has 0 spiro atoms. The van der Waals surface area contributed by atoms with Crippen molar-refractivity contribution in [3.63, 3.8) is 0 Å². The van der Waals surface area contributed by atoms with Gasteiger partial charge in [0.1, 0.15) is 0 Å². The first-order chi connectivity index (χ1) is 19.3. The molecule has 0 radical (unpaired) electrons. The zero-order valence-corrected chi connectivity index (χ0v) is 22.3. The monoisotopic (exact) mass is 601 g/mol. The SMILES string of the molecule is O=C(Nc1ccc(S(=O)(=O)Nc2ccc(Cl)c(C(F)(F)F)c2)cc1)/C(=C/c1cccc([N+](=O)[O-])c1)c1ccccc1. The largest absolute Gasteiger partial charge is 0.417 e. The summed E-state index contributed by atoms with van der Waals surface area (Å²) >= 11 is 5.59. The van der Waals surface area contributed by atoms with Gasteiger partial charge in [-0.3, -0.25) is 19.6 Å². The number of nitro groups is 1. The molecule has 0 saturated carbocycles. The number of anilines is 2. The summed E-state index contributed by atoms with van der Waals surface area (Å²) in [6, 6.07) is 21.9. The lowest BCUT2D eigenvalue weighted by molar-refractivity contribution is -0.384. The summed E-state index contributed by atoms with van der Waals surface area (Å²) in [5, 5.41) is 13.2. The zero-order valence-electron chi connectivity index (χ0n) is 20.7. The van der Waals surface area contributed by atoms with Crippen molar-refractivity contribution in [1.82, 2.24) is 0 Å². The summed E-state index contributed by atoms with van der Waals surface area (Å²) in [6.07, 6.45) is -3.29. The number of halogens is 4. The van der Waals surface area contributed by atoms with Crippen molar-refractivity contribution in [2.45, 2.75) is 11.1 Å². The van der Waals surface area contributed by atoms with Gasteiger partial charge >= 0.3 is 6.18 Å². The molecule has 0 saturated heterocycles. The number of alkyl halides is 3. The van der Waals surface area contributed by atoms with Crippen molar-refractivity contribution in [1.29, 1.82) is 0 Å². The molecule has 8 nitrogen and oxygen atoms in total. The van der Waals surface area contributed by atoms with E-state index in [0.29, 0.717) is 17.2 Å². The minimum atomic E-state index is -4.78. The van der Waals surface area contributed by atoms with Crippen LogP contribution in [0.5, 0.6) is 0 Å². The van der Waals surface area contributed by atoms with Gasteiger partial charge in [0.15, 0.2) is 0 Å². The van der Waals surface area contributed by atoms with Crippen molar-refractivity contribution >= 4 is 56.2 Å². The molecule has 0 aliphatic rings. The van der Waals surface area contributed by atoms with Crippen LogP contribution in [0.2, 0.25) is 5.02 Å². The highest BCUT2D eigenvalue weighted by Gasteiger charge is 2.33. The number of rotatable bonds is 8. The fraction of sp³-hybridized carbons (Fsp3) is 0.0357. The fourth-order valence-electron chi connectivity index (χ4n) is 3.73. The molecule has 1 amide bonds. The molecular formula is C28H19ClF3N3O5S. The molecule has 210 valence electrons. The van der Waals surface area contributed by atoms with Gasteiger partial charge in [-0.15, -0.1) is 0 Å². The Bertz CT molecular complexity index is 1740. The van der Waals surface area contributed by atoms with E-state index in [1.54, 1.807) is 36.4 Å². The number of nitrogens with one attached hydrogen (secondary N) is 2. The Morgan fingerprint density at radius 3 is 2.17 bits per heavy atom. The lowest BCUT2D eigenvalue weighted by Gasteiger charge is -2.13. The molecule has 0 bridgehead atoms. The van der Waals surface area contributed by atoms with Crippen LogP contribution < -0.4 is 10.0 Å². The Kier molecular flexibility index (Phi) is 8.45. The molecule has 0 atom stereocenters. The zero-order chi connectivity index (χ0) is 29.8. The minimum Gasteiger partial charge on any atom is -0.322 e. The maximum absolute atomic E-state index is 13.3. The summed E-state index contributed by atoms with van der Waals surface area (Å²) in [5.74, 6) is -0.572. The fourth-order valence-corrected chi connectivity index (χ4v) is 5.00. The third-order valence-electron chi connectivity index (χ3n) is 5.67. The second-order valence-electron chi connectivity index (χ2n) is 8.55. The maximum Gasteiger partial charge on any atom is 0.417 e. The standard InChI is InChI=1S/C28H19ClF3N3O5S/c29-26-14-11-21(17-25(26)28(30,31)32)34-41(39,40)23-12-9-20(10-13-23)33-27(36)24(19-6-2-1-3-7-19)16-18-5-4-8-22(15-18)35(37)38/h1-17,34H,(H,33,36)/b24-16+. The van der Waals surface area contributed by atoms with Gasteiger partial charge in [0.2, 0.25) is 0 Å². The van der Waals surface area contributed by atoms with Crippen LogP contribution in [0.1, 0.15) is 16.7 Å². The predicted octanol–water partition coefficient (Wildman–Crippen LogP) is 7.25. The van der Waals surface area contributed by atoms with Crippen molar-refractivity contribution in [2.24, 2.45) is 0 Å². The average molecular weight is 602 g/mol. The van der Waals surface area contributed by atoms with Gasteiger partial charge in [0.05, 0.1) is 20.4 Å². The molecule has 0 aliphatic carbocycles. The lowest BCUT2D eigenvalue weighted by atomic mass is 10.0. The smallest absolute Gasteiger partial charge is 0.322 e. The van der Waals surface area contributed by atoms with Crippen LogP contribution in [0.25, 0.3) is 11.6 Å². The summed E-state index contributed by atoms with van der Waals surface area (Å²) in [7, 11) is -4.28. The van der Waals surface area contributed by atoms with Gasteiger partial charge in [-0.05, 0) is 59.7 Å². The quantitative estimate of drug-likeness (QED) is 0.0954. The van der Waals surface area contributed by atoms with E-state index < -0.39 is 37.6 Å². The second-order valence-corrected chi connectivity index (χ2v) is 10.6. The molecule has 0 heterocycles. The van der Waals surface area contributed by atoms with E-state index in [1.807, 2.05) is 0 Å². The van der Waals surface area contributed by atoms with Crippen molar-refractivity contribution in [3.8, 4) is 0 Å². The van der Waals surface area contributed by atoms with Crippen LogP contribution in [0.15, 0.2) is 102 Å². The predicted molar refractivity (Wildman–Crippen MR) is 150 cm³/mol. The second kappa shape index (κ2) is 11.8. The van der Waals surface area contributed by atoms with Gasteiger partial charge < -0.3 is 5.32 Å². The third kappa shape index (κ3) is 7.29. The van der Waals surface area contributed by atoms with Crippen LogP contribution >= 0.6 is 11.6 Å². The van der Waals surface area contributed by atoms with Gasteiger partial charge in [0.25, 0.3) is 21.6 Å². The number of carbonyl (C=O) groups is 1. The maximum atomic E-state index is 13.3. The molecular weight excluding hydrogens is 583 g/mol. The Balaban J connectivity index is 1.57. The van der Waals surface area contributed by atoms with E-state index in [4.69, 9.17) is 11.6 Å². The van der Waals surface area contributed by atoms with E-state index in [-0.39, 0.29) is 27.5 Å². The number of nitrogens with zero attached hydrogens (tertiary/aromatic N) is 1. The van der Waals surface area contributed by atoms with Crippen molar-refractivity contribution in [3.05, 3.63) is 129 Å². The highest BCUT2D eigenvalue weighted by molar-refractivity contribution is 7.92. The number of carbonyl (C=O) groups excluding carboxylic acids is 1. The van der Waals surface area contributed by atoms with Crippen LogP contribution in [0.4, 0.5) is 30.2 Å². The van der Waals surface area contributed by atoms with E-state index in [0.717, 1.165) is 12.1 Å². The molecule has 4 aromatic carbocycles. The summed E-state index contributed by atoms with van der Waals surface area (Å²) < 4.78 is 67.1. The van der Waals surface area contributed by atoms with Gasteiger partial charge in [-0.2, -0.15) is 13.2 Å². The molecule has 0 fully saturated rings. The topological polar surface area (TPSA) is 118 Å². The normalized spacial score (nSPS) is 12.0. The van der Waals surface area contributed by atoms with Crippen LogP contribution in [0.3, 0.4) is 0 Å².